The van der Waals surface area contributed by atoms with Crippen LogP contribution in [0.25, 0.3) is 0 Å². The van der Waals surface area contributed by atoms with Crippen molar-refractivity contribution in [1.82, 2.24) is 0 Å². The van der Waals surface area contributed by atoms with Crippen LogP contribution >= 0.6 is 0 Å². The van der Waals surface area contributed by atoms with Crippen LogP contribution in [0, 0.1) is 11.8 Å². The van der Waals surface area contributed by atoms with Crippen LogP contribution in [0.2, 0.25) is 0 Å². The number of halogens is 3. The number of alkyl halides is 3. The van der Waals surface area contributed by atoms with Gasteiger partial charge >= 0.3 is 6.36 Å². The minimum absolute atomic E-state index is 0.0156. The average Bonchev–Trinajstić information content (AvgIpc) is 2.68. The molecule has 4 rings (SSSR count). The van der Waals surface area contributed by atoms with E-state index in [1.54, 1.807) is 6.07 Å². The lowest BCUT2D eigenvalue weighted by molar-refractivity contribution is -0.276. The molecule has 0 N–H and O–H groups in total. The molecular weight excluding hydrogens is 357 g/mol. The van der Waals surface area contributed by atoms with E-state index in [4.69, 9.17) is 9.47 Å². The number of hydrogen-bond acceptors (Lipinski definition) is 3. The molecular formula is C21H27F3O3. The number of para-hydroxylation sites is 1. The Labute approximate surface area is 158 Å². The molecule has 3 nitrogen and oxygen atoms in total. The molecule has 0 radical (unpaired) electrons. The van der Waals surface area contributed by atoms with E-state index in [2.05, 4.69) is 4.74 Å². The minimum Gasteiger partial charge on any atom is -0.463 e. The van der Waals surface area contributed by atoms with Gasteiger partial charge in [-0.15, -0.1) is 13.2 Å². The van der Waals surface area contributed by atoms with Crippen molar-refractivity contribution in [3.63, 3.8) is 0 Å². The zero-order valence-corrected chi connectivity index (χ0v) is 15.5. The van der Waals surface area contributed by atoms with Gasteiger partial charge in [-0.2, -0.15) is 0 Å². The molecule has 1 heterocycles. The predicted octanol–water partition coefficient (Wildman–Crippen LogP) is 6.31. The molecule has 0 aromatic heterocycles. The first-order valence-corrected chi connectivity index (χ1v) is 10.2. The summed E-state index contributed by atoms with van der Waals surface area (Å²) in [5, 5.41) is 0. The Kier molecular flexibility index (Phi) is 5.28. The molecule has 0 atom stereocenters. The van der Waals surface area contributed by atoms with Crippen molar-refractivity contribution in [2.24, 2.45) is 11.8 Å². The zero-order chi connectivity index (χ0) is 18.9. The quantitative estimate of drug-likeness (QED) is 0.611. The third-order valence-corrected chi connectivity index (χ3v) is 6.55. The van der Waals surface area contributed by atoms with Gasteiger partial charge < -0.3 is 14.2 Å². The fourth-order valence-corrected chi connectivity index (χ4v) is 5.51. The van der Waals surface area contributed by atoms with E-state index < -0.39 is 12.0 Å². The van der Waals surface area contributed by atoms with E-state index in [1.807, 2.05) is 6.07 Å². The van der Waals surface area contributed by atoms with Crippen LogP contribution in [0.1, 0.15) is 69.8 Å². The first kappa shape index (κ1) is 18.9. The molecule has 6 heteroatoms. The van der Waals surface area contributed by atoms with Crippen LogP contribution in [0.4, 0.5) is 13.2 Å². The van der Waals surface area contributed by atoms with Crippen molar-refractivity contribution in [2.45, 2.75) is 76.2 Å². The average molecular weight is 384 g/mol. The Morgan fingerprint density at radius 2 is 1.48 bits per heavy atom. The van der Waals surface area contributed by atoms with Gasteiger partial charge in [0.25, 0.3) is 0 Å². The van der Waals surface area contributed by atoms with Crippen LogP contribution in [0.3, 0.4) is 0 Å². The second-order valence-electron chi connectivity index (χ2n) is 8.05. The lowest BCUT2D eigenvalue weighted by atomic mass is 9.63. The molecule has 1 aromatic carbocycles. The van der Waals surface area contributed by atoms with Crippen molar-refractivity contribution >= 4 is 0 Å². The van der Waals surface area contributed by atoms with Gasteiger partial charge in [-0.25, -0.2) is 0 Å². The highest BCUT2D eigenvalue weighted by Gasteiger charge is 2.52. The first-order valence-electron chi connectivity index (χ1n) is 10.2. The highest BCUT2D eigenvalue weighted by Crippen LogP contribution is 2.56. The predicted molar refractivity (Wildman–Crippen MR) is 94.5 cm³/mol. The van der Waals surface area contributed by atoms with Gasteiger partial charge in [0.2, 0.25) is 0 Å². The number of rotatable bonds is 3. The van der Waals surface area contributed by atoms with Gasteiger partial charge in [-0.05, 0) is 43.6 Å². The fraction of sp³-hybridized carbons (Fsp3) is 0.714. The molecule has 1 aromatic rings. The molecule has 0 amide bonds. The summed E-state index contributed by atoms with van der Waals surface area (Å²) < 4.78 is 55.0. The second kappa shape index (κ2) is 7.53. The third-order valence-electron chi connectivity index (χ3n) is 6.55. The fourth-order valence-electron chi connectivity index (χ4n) is 5.51. The molecule has 2 saturated carbocycles. The van der Waals surface area contributed by atoms with E-state index in [0.29, 0.717) is 11.8 Å². The maximum atomic E-state index is 12.9. The molecule has 0 spiro atoms. The standard InChI is InChI=1S/C21H27F3O3/c22-21(23,24)27-18-13-7-12-17-19(18)25-14-26-20(17,15-8-3-1-4-9-15)16-10-5-2-6-11-16/h7,12-13,15-16H,1-6,8-11,14H2. The van der Waals surface area contributed by atoms with Crippen LogP contribution in [0.15, 0.2) is 18.2 Å². The Hall–Kier alpha value is -1.43. The van der Waals surface area contributed by atoms with Crippen molar-refractivity contribution in [1.29, 1.82) is 0 Å². The molecule has 2 aliphatic carbocycles. The monoisotopic (exact) mass is 384 g/mol. The van der Waals surface area contributed by atoms with E-state index in [-0.39, 0.29) is 18.3 Å². The third kappa shape index (κ3) is 3.65. The van der Waals surface area contributed by atoms with Gasteiger partial charge in [0.15, 0.2) is 18.3 Å². The summed E-state index contributed by atoms with van der Waals surface area (Å²) in [4.78, 5) is 0. The molecule has 1 aliphatic heterocycles. The summed E-state index contributed by atoms with van der Waals surface area (Å²) in [6.45, 7) is -0.0156. The lowest BCUT2D eigenvalue weighted by Crippen LogP contribution is -2.49. The van der Waals surface area contributed by atoms with E-state index >= 15 is 0 Å². The Morgan fingerprint density at radius 1 is 0.889 bits per heavy atom. The van der Waals surface area contributed by atoms with Crippen molar-refractivity contribution < 1.29 is 27.4 Å². The van der Waals surface area contributed by atoms with Crippen LogP contribution < -0.4 is 9.47 Å². The number of fused-ring (bicyclic) bond motifs is 1. The summed E-state index contributed by atoms with van der Waals surface area (Å²) in [5.74, 6) is 0.604. The summed E-state index contributed by atoms with van der Waals surface area (Å²) in [6.07, 6.45) is 6.52. The van der Waals surface area contributed by atoms with Crippen molar-refractivity contribution in [3.8, 4) is 11.5 Å². The number of ether oxygens (including phenoxy) is 3. The van der Waals surface area contributed by atoms with E-state index in [1.165, 1.54) is 18.9 Å². The number of benzene rings is 1. The Bertz CT molecular complexity index is 629. The number of hydrogen-bond donors (Lipinski definition) is 0. The smallest absolute Gasteiger partial charge is 0.463 e. The highest BCUT2D eigenvalue weighted by molar-refractivity contribution is 5.51. The van der Waals surface area contributed by atoms with E-state index in [0.717, 1.165) is 56.9 Å². The summed E-state index contributed by atoms with van der Waals surface area (Å²) in [6, 6.07) is 4.86. The van der Waals surface area contributed by atoms with Gasteiger partial charge in [-0.1, -0.05) is 50.7 Å². The highest BCUT2D eigenvalue weighted by atomic mass is 19.4. The molecule has 150 valence electrons. The van der Waals surface area contributed by atoms with Crippen molar-refractivity contribution in [3.05, 3.63) is 23.8 Å². The van der Waals surface area contributed by atoms with Gasteiger partial charge in [0.1, 0.15) is 5.60 Å². The van der Waals surface area contributed by atoms with Gasteiger partial charge in [0, 0.05) is 5.56 Å². The normalized spacial score (nSPS) is 24.1. The summed E-state index contributed by atoms with van der Waals surface area (Å²) in [5.41, 5.74) is 0.202. The maximum Gasteiger partial charge on any atom is 0.573 e. The molecule has 2 fully saturated rings. The minimum atomic E-state index is -4.74. The summed E-state index contributed by atoms with van der Waals surface area (Å²) >= 11 is 0. The van der Waals surface area contributed by atoms with Crippen LogP contribution in [-0.2, 0) is 10.3 Å². The van der Waals surface area contributed by atoms with Crippen LogP contribution in [-0.4, -0.2) is 13.2 Å². The SMILES string of the molecule is FC(F)(F)Oc1cccc2c1OCOC2(C1CCCCC1)C1CCCCC1. The summed E-state index contributed by atoms with van der Waals surface area (Å²) in [7, 11) is 0. The van der Waals surface area contributed by atoms with Gasteiger partial charge in [0.05, 0.1) is 0 Å². The lowest BCUT2D eigenvalue weighted by Gasteiger charge is -2.51. The Morgan fingerprint density at radius 3 is 2.04 bits per heavy atom. The zero-order valence-electron chi connectivity index (χ0n) is 15.5. The van der Waals surface area contributed by atoms with Gasteiger partial charge in [-0.3, -0.25) is 0 Å². The van der Waals surface area contributed by atoms with E-state index in [9.17, 15) is 13.2 Å². The molecule has 3 aliphatic rings. The molecule has 27 heavy (non-hydrogen) atoms. The molecule has 0 saturated heterocycles. The largest absolute Gasteiger partial charge is 0.573 e. The molecule has 0 unspecified atom stereocenters. The second-order valence-corrected chi connectivity index (χ2v) is 8.05. The van der Waals surface area contributed by atoms with Crippen molar-refractivity contribution in [2.75, 3.05) is 6.79 Å². The maximum absolute atomic E-state index is 12.9. The molecule has 0 bridgehead atoms. The Balaban J connectivity index is 1.79. The van der Waals surface area contributed by atoms with Crippen LogP contribution in [0.5, 0.6) is 11.5 Å². The topological polar surface area (TPSA) is 27.7 Å². The first-order chi connectivity index (χ1) is 13.0.